The summed E-state index contributed by atoms with van der Waals surface area (Å²) in [6.07, 6.45) is 2.88. The molecule has 1 aliphatic heterocycles. The van der Waals surface area contributed by atoms with Gasteiger partial charge in [-0.05, 0) is 37.8 Å². The lowest BCUT2D eigenvalue weighted by atomic mass is 9.96. The number of fused-ring (bicyclic) bond motifs is 1. The quantitative estimate of drug-likeness (QED) is 0.809. The fourth-order valence-electron chi connectivity index (χ4n) is 3.30. The monoisotopic (exact) mass is 396 g/mol. The van der Waals surface area contributed by atoms with Crippen molar-refractivity contribution in [1.29, 1.82) is 0 Å². The Morgan fingerprint density at radius 1 is 1.27 bits per heavy atom. The van der Waals surface area contributed by atoms with Crippen LogP contribution < -0.4 is 5.32 Å². The normalized spacial score (nSPS) is 17.0. The summed E-state index contributed by atoms with van der Waals surface area (Å²) in [5.74, 6) is -0.0830. The Kier molecular flexibility index (Phi) is 5.89. The lowest BCUT2D eigenvalue weighted by Gasteiger charge is -2.31. The Labute approximate surface area is 158 Å². The molecule has 0 atom stereocenters. The van der Waals surface area contributed by atoms with Gasteiger partial charge in [-0.2, -0.15) is 13.1 Å². The smallest absolute Gasteiger partial charge is 0.245 e. The standard InChI is InChI=1S/C17H24N4O3S2/c1-3-13(4-2)18-17(22)12-8-10-21(11-9-12)26(23,24)15-7-5-6-14-16(15)20-25-19-14/h5-7,12-13H,3-4,8-11H2,1-2H3,(H,18,22). The fourth-order valence-corrected chi connectivity index (χ4v) is 5.52. The maximum absolute atomic E-state index is 13.0. The van der Waals surface area contributed by atoms with Gasteiger partial charge >= 0.3 is 0 Å². The predicted molar refractivity (Wildman–Crippen MR) is 101 cm³/mol. The molecule has 0 aliphatic carbocycles. The van der Waals surface area contributed by atoms with Gasteiger partial charge in [0, 0.05) is 25.0 Å². The van der Waals surface area contributed by atoms with Gasteiger partial charge in [0.15, 0.2) is 0 Å². The zero-order valence-corrected chi connectivity index (χ0v) is 16.6. The van der Waals surface area contributed by atoms with Crippen LogP contribution in [0.25, 0.3) is 11.0 Å². The minimum absolute atomic E-state index is 0.0431. The second-order valence-corrected chi connectivity index (χ2v) is 9.02. The fraction of sp³-hybridized carbons (Fsp3) is 0.588. The van der Waals surface area contributed by atoms with Gasteiger partial charge in [0.05, 0.1) is 11.7 Å². The number of aromatic nitrogens is 2. The SMILES string of the molecule is CCC(CC)NC(=O)C1CCN(S(=O)(=O)c2cccc3nsnc23)CC1. The van der Waals surface area contributed by atoms with Crippen LogP contribution >= 0.6 is 11.7 Å². The number of hydrogen-bond acceptors (Lipinski definition) is 6. The van der Waals surface area contributed by atoms with Gasteiger partial charge in [-0.3, -0.25) is 4.79 Å². The molecule has 0 spiro atoms. The van der Waals surface area contributed by atoms with Crippen molar-refractivity contribution in [2.45, 2.75) is 50.5 Å². The van der Waals surface area contributed by atoms with E-state index < -0.39 is 10.0 Å². The molecular weight excluding hydrogens is 372 g/mol. The van der Waals surface area contributed by atoms with Crippen molar-refractivity contribution in [2.75, 3.05) is 13.1 Å². The van der Waals surface area contributed by atoms with E-state index in [0.717, 1.165) is 24.6 Å². The van der Waals surface area contributed by atoms with Crippen LogP contribution in [0.15, 0.2) is 23.1 Å². The van der Waals surface area contributed by atoms with E-state index >= 15 is 0 Å². The number of amides is 1. The van der Waals surface area contributed by atoms with Crippen molar-refractivity contribution in [3.8, 4) is 0 Å². The lowest BCUT2D eigenvalue weighted by Crippen LogP contribution is -2.45. The molecule has 7 nitrogen and oxygen atoms in total. The van der Waals surface area contributed by atoms with Gasteiger partial charge < -0.3 is 5.32 Å². The number of sulfonamides is 1. The van der Waals surface area contributed by atoms with Gasteiger partial charge in [0.2, 0.25) is 15.9 Å². The highest BCUT2D eigenvalue weighted by Gasteiger charge is 2.33. The van der Waals surface area contributed by atoms with Crippen LogP contribution in [0.2, 0.25) is 0 Å². The lowest BCUT2D eigenvalue weighted by molar-refractivity contribution is -0.126. The van der Waals surface area contributed by atoms with Crippen LogP contribution in [0.1, 0.15) is 39.5 Å². The average molecular weight is 397 g/mol. The van der Waals surface area contributed by atoms with Crippen LogP contribution in [0.3, 0.4) is 0 Å². The van der Waals surface area contributed by atoms with Crippen molar-refractivity contribution in [1.82, 2.24) is 18.4 Å². The molecule has 26 heavy (non-hydrogen) atoms. The largest absolute Gasteiger partial charge is 0.353 e. The van der Waals surface area contributed by atoms with Crippen molar-refractivity contribution in [3.63, 3.8) is 0 Å². The summed E-state index contributed by atoms with van der Waals surface area (Å²) >= 11 is 1.01. The Balaban J connectivity index is 1.69. The first-order valence-electron chi connectivity index (χ1n) is 8.99. The third-order valence-electron chi connectivity index (χ3n) is 5.02. The molecule has 142 valence electrons. The molecule has 3 rings (SSSR count). The summed E-state index contributed by atoms with van der Waals surface area (Å²) in [5, 5.41) is 3.07. The Hall–Kier alpha value is -1.58. The van der Waals surface area contributed by atoms with E-state index in [1.807, 2.05) is 0 Å². The minimum Gasteiger partial charge on any atom is -0.353 e. The maximum atomic E-state index is 13.0. The van der Waals surface area contributed by atoms with E-state index in [1.165, 1.54) is 4.31 Å². The molecule has 2 heterocycles. The number of nitrogens with one attached hydrogen (secondary N) is 1. The van der Waals surface area contributed by atoms with Crippen molar-refractivity contribution in [2.24, 2.45) is 5.92 Å². The average Bonchev–Trinajstić information content (AvgIpc) is 3.14. The van der Waals surface area contributed by atoms with Crippen LogP contribution in [-0.4, -0.2) is 46.5 Å². The summed E-state index contributed by atoms with van der Waals surface area (Å²) in [7, 11) is -3.63. The highest BCUT2D eigenvalue weighted by molar-refractivity contribution is 7.89. The molecule has 1 amide bonds. The number of benzene rings is 1. The van der Waals surface area contributed by atoms with E-state index in [1.54, 1.807) is 18.2 Å². The zero-order chi connectivity index (χ0) is 18.7. The third-order valence-corrected chi connectivity index (χ3v) is 7.50. The Morgan fingerprint density at radius 3 is 2.62 bits per heavy atom. The Bertz CT molecular complexity index is 869. The molecule has 1 saturated heterocycles. The first kappa shape index (κ1) is 19.2. The second kappa shape index (κ2) is 7.98. The van der Waals surface area contributed by atoms with Crippen molar-refractivity contribution < 1.29 is 13.2 Å². The van der Waals surface area contributed by atoms with Crippen LogP contribution in [0.5, 0.6) is 0 Å². The van der Waals surface area contributed by atoms with Gasteiger partial charge in [-0.1, -0.05) is 19.9 Å². The second-order valence-electron chi connectivity index (χ2n) is 6.59. The predicted octanol–water partition coefficient (Wildman–Crippen LogP) is 2.40. The highest BCUT2D eigenvalue weighted by Crippen LogP contribution is 2.28. The van der Waals surface area contributed by atoms with Crippen molar-refractivity contribution >= 4 is 38.7 Å². The first-order chi connectivity index (χ1) is 12.5. The third kappa shape index (κ3) is 3.74. The summed E-state index contributed by atoms with van der Waals surface area (Å²) in [6.45, 7) is 4.80. The molecule has 1 fully saturated rings. The molecule has 9 heteroatoms. The summed E-state index contributed by atoms with van der Waals surface area (Å²) in [5.41, 5.74) is 1.02. The summed E-state index contributed by atoms with van der Waals surface area (Å²) in [6, 6.07) is 5.21. The topological polar surface area (TPSA) is 92.3 Å². The molecular formula is C17H24N4O3S2. The number of carbonyl (C=O) groups excluding carboxylic acids is 1. The summed E-state index contributed by atoms with van der Waals surface area (Å²) in [4.78, 5) is 12.6. The molecule has 0 saturated carbocycles. The molecule has 0 unspecified atom stereocenters. The van der Waals surface area contributed by atoms with Gasteiger partial charge in [0.1, 0.15) is 15.9 Å². The molecule has 0 radical (unpaired) electrons. The van der Waals surface area contributed by atoms with E-state index in [2.05, 4.69) is 27.9 Å². The number of piperidine rings is 1. The van der Waals surface area contributed by atoms with Crippen molar-refractivity contribution in [3.05, 3.63) is 18.2 Å². The Morgan fingerprint density at radius 2 is 1.96 bits per heavy atom. The van der Waals surface area contributed by atoms with Crippen LogP contribution in [0.4, 0.5) is 0 Å². The first-order valence-corrected chi connectivity index (χ1v) is 11.2. The molecule has 1 N–H and O–H groups in total. The maximum Gasteiger partial charge on any atom is 0.245 e. The van der Waals surface area contributed by atoms with Gasteiger partial charge in [0.25, 0.3) is 0 Å². The van der Waals surface area contributed by atoms with E-state index in [0.29, 0.717) is 37.0 Å². The molecule has 1 aromatic heterocycles. The van der Waals surface area contributed by atoms with Crippen LogP contribution in [0, 0.1) is 5.92 Å². The molecule has 1 aromatic carbocycles. The number of nitrogens with zero attached hydrogens (tertiary/aromatic N) is 3. The number of rotatable bonds is 6. The highest BCUT2D eigenvalue weighted by atomic mass is 32.2. The zero-order valence-electron chi connectivity index (χ0n) is 15.0. The van der Waals surface area contributed by atoms with Gasteiger partial charge in [-0.15, -0.1) is 0 Å². The molecule has 2 aromatic rings. The minimum atomic E-state index is -3.63. The molecule has 1 aliphatic rings. The van der Waals surface area contributed by atoms with E-state index in [4.69, 9.17) is 0 Å². The van der Waals surface area contributed by atoms with E-state index in [-0.39, 0.29) is 22.8 Å². The van der Waals surface area contributed by atoms with Crippen LogP contribution in [-0.2, 0) is 14.8 Å². The molecule has 0 bridgehead atoms. The number of hydrogen-bond donors (Lipinski definition) is 1. The summed E-state index contributed by atoms with van der Waals surface area (Å²) < 4.78 is 35.7. The number of carbonyl (C=O) groups is 1. The van der Waals surface area contributed by atoms with E-state index in [9.17, 15) is 13.2 Å². The van der Waals surface area contributed by atoms with Gasteiger partial charge in [-0.25, -0.2) is 8.42 Å².